The maximum Gasteiger partial charge on any atom is 0.270 e. The van der Waals surface area contributed by atoms with E-state index in [-0.39, 0.29) is 16.0 Å². The molecular formula is C14H9N5O4S2. The molecule has 1 aromatic carbocycles. The van der Waals surface area contributed by atoms with Crippen LogP contribution in [-0.2, 0) is 0 Å². The van der Waals surface area contributed by atoms with Crippen LogP contribution in [0.25, 0.3) is 11.3 Å². The van der Waals surface area contributed by atoms with E-state index in [1.165, 1.54) is 23.5 Å². The fraction of sp³-hybridized carbons (Fsp3) is 0. The van der Waals surface area contributed by atoms with Crippen molar-refractivity contribution in [1.82, 2.24) is 15.0 Å². The number of nitro benzene ring substituents is 1. The van der Waals surface area contributed by atoms with E-state index in [0.717, 1.165) is 6.21 Å². The summed E-state index contributed by atoms with van der Waals surface area (Å²) < 4.78 is 0.00172. The van der Waals surface area contributed by atoms with Gasteiger partial charge in [0.05, 0.1) is 10.6 Å². The van der Waals surface area contributed by atoms with E-state index in [2.05, 4.69) is 19.9 Å². The Labute approximate surface area is 148 Å². The Bertz CT molecular complexity index is 1100. The van der Waals surface area contributed by atoms with Crippen LogP contribution in [0.5, 0.6) is 5.88 Å². The van der Waals surface area contributed by atoms with E-state index in [0.29, 0.717) is 16.4 Å². The predicted octanol–water partition coefficient (Wildman–Crippen LogP) is 2.92. The first-order valence-corrected chi connectivity index (χ1v) is 8.03. The number of rotatable bonds is 4. The normalized spacial score (nSPS) is 11.0. The van der Waals surface area contributed by atoms with Crippen molar-refractivity contribution in [2.75, 3.05) is 0 Å². The third-order valence-electron chi connectivity index (χ3n) is 3.11. The number of nitrogens with one attached hydrogen (secondary N) is 2. The second kappa shape index (κ2) is 6.75. The Morgan fingerprint density at radius 3 is 2.92 bits per heavy atom. The molecule has 0 fully saturated rings. The number of thiazole rings is 1. The van der Waals surface area contributed by atoms with Crippen LogP contribution < -0.4 is 5.56 Å². The zero-order valence-corrected chi connectivity index (χ0v) is 13.9. The van der Waals surface area contributed by atoms with Crippen molar-refractivity contribution in [1.29, 1.82) is 0 Å². The summed E-state index contributed by atoms with van der Waals surface area (Å²) in [6.45, 7) is 0. The molecule has 0 aliphatic carbocycles. The van der Waals surface area contributed by atoms with Crippen LogP contribution in [0.3, 0.4) is 0 Å². The second-order valence-corrected chi connectivity index (χ2v) is 6.00. The van der Waals surface area contributed by atoms with E-state index >= 15 is 0 Å². The van der Waals surface area contributed by atoms with Gasteiger partial charge in [0.1, 0.15) is 5.56 Å². The molecule has 0 saturated heterocycles. The Hall–Kier alpha value is -3.18. The summed E-state index contributed by atoms with van der Waals surface area (Å²) >= 11 is 5.93. The van der Waals surface area contributed by atoms with E-state index in [4.69, 9.17) is 12.2 Å². The molecule has 0 unspecified atom stereocenters. The van der Waals surface area contributed by atoms with Gasteiger partial charge in [-0.15, -0.1) is 11.3 Å². The van der Waals surface area contributed by atoms with Crippen molar-refractivity contribution in [3.05, 3.63) is 60.4 Å². The highest BCUT2D eigenvalue weighted by Gasteiger charge is 2.10. The van der Waals surface area contributed by atoms with Gasteiger partial charge in [0.15, 0.2) is 4.77 Å². The Kier molecular flexibility index (Phi) is 4.50. The van der Waals surface area contributed by atoms with Crippen LogP contribution in [0.4, 0.5) is 10.8 Å². The zero-order chi connectivity index (χ0) is 18.0. The van der Waals surface area contributed by atoms with E-state index < -0.39 is 16.4 Å². The molecule has 0 aliphatic rings. The van der Waals surface area contributed by atoms with Gasteiger partial charge in [-0.2, -0.15) is 0 Å². The number of non-ortho nitro benzene ring substituents is 1. The molecular weight excluding hydrogens is 366 g/mol. The van der Waals surface area contributed by atoms with Crippen molar-refractivity contribution in [3.63, 3.8) is 0 Å². The van der Waals surface area contributed by atoms with Gasteiger partial charge >= 0.3 is 0 Å². The molecule has 9 nitrogen and oxygen atoms in total. The molecule has 3 rings (SSSR count). The molecule has 0 bridgehead atoms. The van der Waals surface area contributed by atoms with Gasteiger partial charge in [0.2, 0.25) is 11.0 Å². The smallest absolute Gasteiger partial charge is 0.270 e. The molecule has 0 aliphatic heterocycles. The zero-order valence-electron chi connectivity index (χ0n) is 12.3. The molecule has 3 aromatic rings. The molecule has 0 atom stereocenters. The van der Waals surface area contributed by atoms with Gasteiger partial charge in [0.25, 0.3) is 11.2 Å². The number of aromatic hydroxyl groups is 1. The highest BCUT2D eigenvalue weighted by molar-refractivity contribution is 7.71. The third-order valence-corrected chi connectivity index (χ3v) is 4.06. The number of benzene rings is 1. The monoisotopic (exact) mass is 375 g/mol. The first kappa shape index (κ1) is 16.7. The molecule has 0 spiro atoms. The first-order valence-electron chi connectivity index (χ1n) is 6.74. The molecule has 126 valence electrons. The number of nitro groups is 1. The topological polar surface area (TPSA) is 137 Å². The van der Waals surface area contributed by atoms with Crippen LogP contribution in [0.15, 0.2) is 39.4 Å². The second-order valence-electron chi connectivity index (χ2n) is 4.75. The number of hydrogen-bond donors (Lipinski definition) is 3. The highest BCUT2D eigenvalue weighted by atomic mass is 32.1. The van der Waals surface area contributed by atoms with Gasteiger partial charge in [-0.05, 0) is 12.2 Å². The standard InChI is InChI=1S/C14H9N5O4S2/c20-11-9(12(21)18-13(24)17-11)5-15-14-16-10(6-25-14)7-2-1-3-8(4-7)19(22)23/h1-6H,(H3,17,18,20,21,24)/b15-5+. The summed E-state index contributed by atoms with van der Waals surface area (Å²) in [7, 11) is 0. The van der Waals surface area contributed by atoms with Crippen LogP contribution in [0, 0.1) is 14.9 Å². The largest absolute Gasteiger partial charge is 0.494 e. The van der Waals surface area contributed by atoms with E-state index in [1.807, 2.05) is 0 Å². The summed E-state index contributed by atoms with van der Waals surface area (Å²) in [5.41, 5.74) is 0.399. The summed E-state index contributed by atoms with van der Waals surface area (Å²) in [6.07, 6.45) is 1.16. The predicted molar refractivity (Wildman–Crippen MR) is 95.4 cm³/mol. The maximum atomic E-state index is 11.7. The maximum absolute atomic E-state index is 11.7. The van der Waals surface area contributed by atoms with Gasteiger partial charge in [0, 0.05) is 29.3 Å². The number of aromatic amines is 2. The van der Waals surface area contributed by atoms with Crippen molar-refractivity contribution in [3.8, 4) is 17.1 Å². The summed E-state index contributed by atoms with van der Waals surface area (Å²) in [4.78, 5) is 35.1. The fourth-order valence-electron chi connectivity index (χ4n) is 1.96. The molecule has 2 heterocycles. The van der Waals surface area contributed by atoms with Gasteiger partial charge in [-0.3, -0.25) is 19.9 Å². The minimum absolute atomic E-state index is 0.00172. The summed E-state index contributed by atoms with van der Waals surface area (Å²) in [6, 6.07) is 6.07. The highest BCUT2D eigenvalue weighted by Crippen LogP contribution is 2.28. The Morgan fingerprint density at radius 2 is 2.20 bits per heavy atom. The minimum atomic E-state index is -0.583. The van der Waals surface area contributed by atoms with E-state index in [9.17, 15) is 20.0 Å². The van der Waals surface area contributed by atoms with E-state index in [1.54, 1.807) is 17.5 Å². The van der Waals surface area contributed by atoms with Crippen LogP contribution >= 0.6 is 23.6 Å². The Balaban J connectivity index is 1.90. The lowest BCUT2D eigenvalue weighted by molar-refractivity contribution is -0.384. The molecule has 2 aromatic heterocycles. The van der Waals surface area contributed by atoms with Gasteiger partial charge < -0.3 is 10.1 Å². The average molecular weight is 375 g/mol. The number of hydrogen-bond acceptors (Lipinski definition) is 8. The molecule has 25 heavy (non-hydrogen) atoms. The lowest BCUT2D eigenvalue weighted by atomic mass is 10.1. The van der Waals surface area contributed by atoms with Crippen LogP contribution in [-0.4, -0.2) is 31.2 Å². The third kappa shape index (κ3) is 3.67. The number of H-pyrrole nitrogens is 2. The average Bonchev–Trinajstić information content (AvgIpc) is 3.03. The van der Waals surface area contributed by atoms with Gasteiger partial charge in [-0.1, -0.05) is 12.1 Å². The molecule has 11 heteroatoms. The minimum Gasteiger partial charge on any atom is -0.494 e. The molecule has 3 N–H and O–H groups in total. The van der Waals surface area contributed by atoms with Crippen molar-refractivity contribution in [2.24, 2.45) is 4.99 Å². The number of nitrogens with zero attached hydrogens (tertiary/aromatic N) is 3. The lowest BCUT2D eigenvalue weighted by Gasteiger charge is -1.97. The number of aliphatic imine (C=N–C) groups is 1. The van der Waals surface area contributed by atoms with Crippen LogP contribution in [0.1, 0.15) is 5.56 Å². The quantitative estimate of drug-likeness (QED) is 0.277. The first-order chi connectivity index (χ1) is 11.9. The lowest BCUT2D eigenvalue weighted by Crippen LogP contribution is -2.13. The molecule has 0 radical (unpaired) electrons. The van der Waals surface area contributed by atoms with Gasteiger partial charge in [-0.25, -0.2) is 9.98 Å². The number of aromatic nitrogens is 3. The summed E-state index contributed by atoms with van der Waals surface area (Å²) in [5, 5.41) is 22.5. The molecule has 0 amide bonds. The summed E-state index contributed by atoms with van der Waals surface area (Å²) in [5.74, 6) is -0.395. The molecule has 0 saturated carbocycles. The van der Waals surface area contributed by atoms with Crippen LogP contribution in [0.2, 0.25) is 0 Å². The fourth-order valence-corrected chi connectivity index (χ4v) is 2.82. The SMILES string of the molecule is O=c1[nH]c(=S)[nH]c(O)c1/C=N/c1nc(-c2cccc([N+](=O)[O-])c2)cs1. The van der Waals surface area contributed by atoms with Crippen molar-refractivity contribution in [2.45, 2.75) is 0 Å². The van der Waals surface area contributed by atoms with Crippen molar-refractivity contribution >= 4 is 40.6 Å². The Morgan fingerprint density at radius 1 is 1.40 bits per heavy atom. The van der Waals surface area contributed by atoms with Crippen molar-refractivity contribution < 1.29 is 10.0 Å².